The van der Waals surface area contributed by atoms with E-state index in [9.17, 15) is 9.59 Å². The minimum Gasteiger partial charge on any atom is -0.326 e. The van der Waals surface area contributed by atoms with E-state index in [1.54, 1.807) is 18.2 Å². The van der Waals surface area contributed by atoms with Crippen molar-refractivity contribution in [2.75, 3.05) is 23.7 Å². The zero-order valence-electron chi connectivity index (χ0n) is 21.7. The first kappa shape index (κ1) is 30.4. The van der Waals surface area contributed by atoms with Gasteiger partial charge in [0.15, 0.2) is 0 Å². The van der Waals surface area contributed by atoms with E-state index in [2.05, 4.69) is 22.9 Å². The first-order valence-electron chi connectivity index (χ1n) is 13.7. The van der Waals surface area contributed by atoms with E-state index in [1.165, 1.54) is 83.5 Å². The molecule has 194 valence electrons. The average molecular weight is 494 g/mol. The van der Waals surface area contributed by atoms with Crippen LogP contribution in [0.1, 0.15) is 117 Å². The monoisotopic (exact) mass is 493 g/mol. The predicted octanol–water partition coefficient (Wildman–Crippen LogP) is 8.09. The highest BCUT2D eigenvalue weighted by Gasteiger charge is 2.08. The third kappa shape index (κ3) is 16.1. The third-order valence-electron chi connectivity index (χ3n) is 5.99. The summed E-state index contributed by atoms with van der Waals surface area (Å²) in [5.74, 6) is -0.179. The molecule has 1 rings (SSSR count). The Morgan fingerprint density at radius 3 is 1.82 bits per heavy atom. The van der Waals surface area contributed by atoms with Crippen molar-refractivity contribution in [2.45, 2.75) is 117 Å². The second kappa shape index (κ2) is 20.8. The standard InChI is InChI=1S/C28H48ClN3O2/c1-3-5-6-7-8-9-10-11-12-13-14-15-16-17-21-30-23-28(34)32-26-22-24(19-20-25(26)29)31-27(33)18-4-2/h19-20,22,30H,3-18,21,23H2,1-2H3,(H,31,33)(H,32,34). The van der Waals surface area contributed by atoms with Crippen LogP contribution in [0.2, 0.25) is 5.02 Å². The number of hydrogen-bond donors (Lipinski definition) is 3. The Labute approximate surface area is 213 Å². The molecule has 0 saturated carbocycles. The van der Waals surface area contributed by atoms with Gasteiger partial charge >= 0.3 is 0 Å². The molecule has 1 aromatic carbocycles. The molecule has 0 saturated heterocycles. The van der Waals surface area contributed by atoms with Crippen molar-refractivity contribution in [3.63, 3.8) is 0 Å². The van der Waals surface area contributed by atoms with Gasteiger partial charge < -0.3 is 16.0 Å². The number of halogens is 1. The molecule has 0 atom stereocenters. The van der Waals surface area contributed by atoms with E-state index >= 15 is 0 Å². The summed E-state index contributed by atoms with van der Waals surface area (Å²) in [6.07, 6.45) is 20.1. The highest BCUT2D eigenvalue weighted by molar-refractivity contribution is 6.33. The van der Waals surface area contributed by atoms with Crippen molar-refractivity contribution >= 4 is 34.8 Å². The van der Waals surface area contributed by atoms with Crippen LogP contribution in [0.4, 0.5) is 11.4 Å². The summed E-state index contributed by atoms with van der Waals surface area (Å²) < 4.78 is 0. The van der Waals surface area contributed by atoms with E-state index in [4.69, 9.17) is 11.6 Å². The molecular weight excluding hydrogens is 446 g/mol. The zero-order chi connectivity index (χ0) is 24.9. The normalized spacial score (nSPS) is 10.9. The number of anilines is 2. The van der Waals surface area contributed by atoms with Crippen LogP contribution in [0, 0.1) is 0 Å². The van der Waals surface area contributed by atoms with Crippen LogP contribution in [0.25, 0.3) is 0 Å². The summed E-state index contributed by atoms with van der Waals surface area (Å²) in [5, 5.41) is 9.30. The van der Waals surface area contributed by atoms with Gasteiger partial charge in [-0.15, -0.1) is 0 Å². The minimum absolute atomic E-state index is 0.0445. The van der Waals surface area contributed by atoms with Crippen molar-refractivity contribution < 1.29 is 9.59 Å². The maximum atomic E-state index is 12.2. The molecule has 0 aromatic heterocycles. The van der Waals surface area contributed by atoms with Gasteiger partial charge in [-0.25, -0.2) is 0 Å². The lowest BCUT2D eigenvalue weighted by Crippen LogP contribution is -2.28. The largest absolute Gasteiger partial charge is 0.326 e. The lowest BCUT2D eigenvalue weighted by molar-refractivity contribution is -0.116. The Kier molecular flexibility index (Phi) is 18.6. The Morgan fingerprint density at radius 1 is 0.706 bits per heavy atom. The van der Waals surface area contributed by atoms with Gasteiger partial charge in [-0.05, 0) is 37.6 Å². The SMILES string of the molecule is CCCCCCCCCCCCCCCCNCC(=O)Nc1cc(NC(=O)CCC)ccc1Cl. The van der Waals surface area contributed by atoms with Gasteiger partial charge in [0.05, 0.1) is 17.3 Å². The second-order valence-corrected chi connectivity index (χ2v) is 9.72. The maximum Gasteiger partial charge on any atom is 0.238 e. The molecule has 0 aliphatic carbocycles. The Hall–Kier alpha value is -1.59. The highest BCUT2D eigenvalue weighted by atomic mass is 35.5. The van der Waals surface area contributed by atoms with Crippen LogP contribution in [0.3, 0.4) is 0 Å². The van der Waals surface area contributed by atoms with Gasteiger partial charge in [0.1, 0.15) is 0 Å². The predicted molar refractivity (Wildman–Crippen MR) is 147 cm³/mol. The van der Waals surface area contributed by atoms with E-state index < -0.39 is 0 Å². The van der Waals surface area contributed by atoms with Gasteiger partial charge in [0.2, 0.25) is 11.8 Å². The number of benzene rings is 1. The summed E-state index contributed by atoms with van der Waals surface area (Å²) in [6.45, 7) is 5.32. The second-order valence-electron chi connectivity index (χ2n) is 9.31. The quantitative estimate of drug-likeness (QED) is 0.151. The zero-order valence-corrected chi connectivity index (χ0v) is 22.4. The molecule has 34 heavy (non-hydrogen) atoms. The first-order chi connectivity index (χ1) is 16.6. The molecule has 0 radical (unpaired) electrons. The van der Waals surface area contributed by atoms with Crippen LogP contribution in [0.5, 0.6) is 0 Å². The Bertz CT molecular complexity index is 682. The van der Waals surface area contributed by atoms with Crippen LogP contribution in [-0.2, 0) is 9.59 Å². The number of unbranched alkanes of at least 4 members (excludes halogenated alkanes) is 13. The lowest BCUT2D eigenvalue weighted by atomic mass is 10.0. The topological polar surface area (TPSA) is 70.2 Å². The summed E-state index contributed by atoms with van der Waals surface area (Å²) in [7, 11) is 0. The molecule has 0 aliphatic rings. The van der Waals surface area contributed by atoms with Gasteiger partial charge in [0.25, 0.3) is 0 Å². The maximum absolute atomic E-state index is 12.2. The van der Waals surface area contributed by atoms with E-state index in [0.29, 0.717) is 22.8 Å². The van der Waals surface area contributed by atoms with E-state index in [0.717, 1.165) is 19.4 Å². The Balaban J connectivity index is 2.01. The molecule has 6 heteroatoms. The fourth-order valence-electron chi connectivity index (χ4n) is 3.99. The number of carbonyl (C=O) groups excluding carboxylic acids is 2. The summed E-state index contributed by atoms with van der Waals surface area (Å²) >= 11 is 6.19. The van der Waals surface area contributed by atoms with Crippen LogP contribution in [-0.4, -0.2) is 24.9 Å². The van der Waals surface area contributed by atoms with Crippen LogP contribution >= 0.6 is 11.6 Å². The van der Waals surface area contributed by atoms with Gasteiger partial charge in [0, 0.05) is 12.1 Å². The van der Waals surface area contributed by atoms with Gasteiger partial charge in [-0.2, -0.15) is 0 Å². The summed E-state index contributed by atoms with van der Waals surface area (Å²) in [6, 6.07) is 5.11. The van der Waals surface area contributed by atoms with Crippen molar-refractivity contribution in [1.29, 1.82) is 0 Å². The van der Waals surface area contributed by atoms with Crippen molar-refractivity contribution in [3.05, 3.63) is 23.2 Å². The number of amides is 2. The number of carbonyl (C=O) groups is 2. The fraction of sp³-hybridized carbons (Fsp3) is 0.714. The highest BCUT2D eigenvalue weighted by Crippen LogP contribution is 2.25. The first-order valence-corrected chi connectivity index (χ1v) is 14.0. The summed E-state index contributed by atoms with van der Waals surface area (Å²) in [5.41, 5.74) is 1.15. The molecule has 1 aromatic rings. The molecular formula is C28H48ClN3O2. The molecule has 3 N–H and O–H groups in total. The molecule has 0 heterocycles. The molecule has 2 amide bonds. The smallest absolute Gasteiger partial charge is 0.238 e. The van der Waals surface area contributed by atoms with Crippen molar-refractivity contribution in [1.82, 2.24) is 5.32 Å². The van der Waals surface area contributed by atoms with Gasteiger partial charge in [-0.1, -0.05) is 109 Å². The van der Waals surface area contributed by atoms with E-state index in [-0.39, 0.29) is 18.4 Å². The molecule has 0 aliphatic heterocycles. The number of rotatable bonds is 21. The summed E-state index contributed by atoms with van der Waals surface area (Å²) in [4.78, 5) is 24.0. The molecule has 0 unspecified atom stereocenters. The Morgan fingerprint density at radius 2 is 1.26 bits per heavy atom. The van der Waals surface area contributed by atoms with Crippen LogP contribution < -0.4 is 16.0 Å². The number of hydrogen-bond acceptors (Lipinski definition) is 3. The average Bonchev–Trinajstić information content (AvgIpc) is 2.81. The molecule has 5 nitrogen and oxygen atoms in total. The van der Waals surface area contributed by atoms with Crippen molar-refractivity contribution in [2.24, 2.45) is 0 Å². The molecule has 0 fully saturated rings. The molecule has 0 bridgehead atoms. The fourth-order valence-corrected chi connectivity index (χ4v) is 4.16. The van der Waals surface area contributed by atoms with Crippen LogP contribution in [0.15, 0.2) is 18.2 Å². The minimum atomic E-state index is -0.135. The van der Waals surface area contributed by atoms with Crippen molar-refractivity contribution in [3.8, 4) is 0 Å². The van der Waals surface area contributed by atoms with E-state index in [1.807, 2.05) is 6.92 Å². The third-order valence-corrected chi connectivity index (χ3v) is 6.32. The number of nitrogens with one attached hydrogen (secondary N) is 3. The molecule has 0 spiro atoms. The van der Waals surface area contributed by atoms with Gasteiger partial charge in [-0.3, -0.25) is 9.59 Å². The lowest BCUT2D eigenvalue weighted by Gasteiger charge is -2.11.